The molecule has 1 unspecified atom stereocenters. The number of nitrogens with two attached hydrogens (primary N) is 3. The zero-order valence-electron chi connectivity index (χ0n) is 11.3. The Morgan fingerprint density at radius 3 is 2.71 bits per heavy atom. The van der Waals surface area contributed by atoms with E-state index >= 15 is 0 Å². The van der Waals surface area contributed by atoms with Gasteiger partial charge in [0, 0.05) is 24.1 Å². The number of aromatic nitrogens is 3. The lowest BCUT2D eigenvalue weighted by Crippen LogP contribution is -2.38. The number of hydrogen-bond acceptors (Lipinski definition) is 7. The maximum Gasteiger partial charge on any atom is 0.234 e. The van der Waals surface area contributed by atoms with E-state index in [-0.39, 0.29) is 0 Å². The molecule has 110 valence electrons. The smallest absolute Gasteiger partial charge is 0.234 e. The molecule has 0 aliphatic rings. The molecule has 0 spiro atoms. The number of carbonyl (C=O) groups is 1. The summed E-state index contributed by atoms with van der Waals surface area (Å²) in [7, 11) is 0. The van der Waals surface area contributed by atoms with Crippen LogP contribution >= 0.6 is 11.8 Å². The molecule has 2 rings (SSSR count). The number of hydrogen-bond donors (Lipinski definition) is 3. The molecule has 0 aliphatic heterocycles. The summed E-state index contributed by atoms with van der Waals surface area (Å²) in [5.41, 5.74) is 17.9. The first-order chi connectivity index (χ1) is 10.0. The van der Waals surface area contributed by atoms with Gasteiger partial charge in [-0.1, -0.05) is 17.8 Å². The van der Waals surface area contributed by atoms with Crippen molar-refractivity contribution in [2.45, 2.75) is 23.4 Å². The van der Waals surface area contributed by atoms with Crippen molar-refractivity contribution >= 4 is 23.5 Å². The number of nitrogens with zero attached hydrogens (tertiary/aromatic N) is 3. The first kappa shape index (κ1) is 15.2. The highest BCUT2D eigenvalue weighted by Gasteiger charge is 2.11. The Morgan fingerprint density at radius 2 is 2.00 bits per heavy atom. The van der Waals surface area contributed by atoms with Gasteiger partial charge in [-0.05, 0) is 18.2 Å². The van der Waals surface area contributed by atoms with Crippen LogP contribution in [0.1, 0.15) is 11.4 Å². The summed E-state index contributed by atoms with van der Waals surface area (Å²) in [5, 5.41) is 0.594. The number of rotatable bonds is 6. The molecule has 2 aromatic heterocycles. The third kappa shape index (κ3) is 4.69. The summed E-state index contributed by atoms with van der Waals surface area (Å²) < 4.78 is 0. The van der Waals surface area contributed by atoms with Crippen LogP contribution in [-0.2, 0) is 17.0 Å². The minimum atomic E-state index is -0.724. The molecule has 0 saturated heterocycles. The second-order valence-electron chi connectivity index (χ2n) is 4.39. The van der Waals surface area contributed by atoms with Crippen molar-refractivity contribution in [3.8, 4) is 0 Å². The average Bonchev–Trinajstić information content (AvgIpc) is 2.45. The molecule has 0 aromatic carbocycles. The normalized spacial score (nSPS) is 12.0. The van der Waals surface area contributed by atoms with Crippen LogP contribution in [0, 0.1) is 0 Å². The second kappa shape index (κ2) is 7.00. The van der Waals surface area contributed by atoms with Gasteiger partial charge in [0.05, 0.1) is 11.7 Å². The number of primary amides is 1. The van der Waals surface area contributed by atoms with Crippen molar-refractivity contribution in [3.63, 3.8) is 0 Å². The highest BCUT2D eigenvalue weighted by molar-refractivity contribution is 7.98. The lowest BCUT2D eigenvalue weighted by molar-refractivity contribution is -0.119. The zero-order valence-corrected chi connectivity index (χ0v) is 12.1. The molecule has 0 bridgehead atoms. The molecule has 1 amide bonds. The van der Waals surface area contributed by atoms with E-state index in [2.05, 4.69) is 15.0 Å². The van der Waals surface area contributed by atoms with Crippen molar-refractivity contribution < 1.29 is 4.79 Å². The fraction of sp³-hybridized carbons (Fsp3) is 0.231. The number of anilines is 1. The molecule has 0 radical (unpaired) electrons. The lowest BCUT2D eigenvalue weighted by atomic mass is 10.1. The summed E-state index contributed by atoms with van der Waals surface area (Å²) in [6.07, 6.45) is 1.93. The Hall–Kier alpha value is -2.19. The van der Waals surface area contributed by atoms with E-state index in [1.165, 1.54) is 11.8 Å². The van der Waals surface area contributed by atoms with E-state index in [1.807, 2.05) is 18.2 Å². The molecule has 8 heteroatoms. The monoisotopic (exact) mass is 304 g/mol. The number of carbonyl (C=O) groups excluding carboxylic acids is 1. The molecule has 0 saturated carbocycles. The molecule has 2 aromatic rings. The van der Waals surface area contributed by atoms with Gasteiger partial charge in [-0.3, -0.25) is 9.78 Å². The molecule has 2 heterocycles. The van der Waals surface area contributed by atoms with Crippen LogP contribution in [0.3, 0.4) is 0 Å². The third-order valence-corrected chi connectivity index (χ3v) is 3.56. The van der Waals surface area contributed by atoms with E-state index < -0.39 is 11.9 Å². The average molecular weight is 304 g/mol. The van der Waals surface area contributed by atoms with Crippen molar-refractivity contribution in [1.82, 2.24) is 15.0 Å². The summed E-state index contributed by atoms with van der Waals surface area (Å²) >= 11 is 1.43. The lowest BCUT2D eigenvalue weighted by Gasteiger charge is -2.08. The Bertz CT molecular complexity index is 636. The maximum absolute atomic E-state index is 11.0. The molecule has 0 fully saturated rings. The first-order valence-electron chi connectivity index (χ1n) is 6.25. The van der Waals surface area contributed by atoms with Crippen LogP contribution in [0.2, 0.25) is 0 Å². The van der Waals surface area contributed by atoms with E-state index in [4.69, 9.17) is 17.2 Å². The minimum absolute atomic E-state index is 0.322. The Balaban J connectivity index is 1.99. The molecule has 1 atom stereocenters. The number of thioether (sulfide) groups is 1. The highest BCUT2D eigenvalue weighted by Crippen LogP contribution is 2.18. The summed E-state index contributed by atoms with van der Waals surface area (Å²) in [6, 6.07) is 6.48. The van der Waals surface area contributed by atoms with Gasteiger partial charge in [-0.25, -0.2) is 9.97 Å². The third-order valence-electron chi connectivity index (χ3n) is 2.66. The predicted molar refractivity (Wildman–Crippen MR) is 81.1 cm³/mol. The molecular weight excluding hydrogens is 288 g/mol. The Kier molecular flexibility index (Phi) is 5.07. The quantitative estimate of drug-likeness (QED) is 0.509. The van der Waals surface area contributed by atoms with Gasteiger partial charge >= 0.3 is 0 Å². The summed E-state index contributed by atoms with van der Waals surface area (Å²) in [5.74, 6) is 0.495. The number of nitrogen functional groups attached to an aromatic ring is 1. The standard InChI is InChI=1S/C13H16N6OS/c14-10(12(16)20)6-8-2-1-3-9(18-8)7-21-13-17-5-4-11(15)19-13/h1-5,10H,6-7,14H2,(H2,16,20)(H2,15,17,19). The molecule has 7 nitrogen and oxygen atoms in total. The van der Waals surface area contributed by atoms with Crippen LogP contribution < -0.4 is 17.2 Å². The second-order valence-corrected chi connectivity index (χ2v) is 5.33. The highest BCUT2D eigenvalue weighted by atomic mass is 32.2. The first-order valence-corrected chi connectivity index (χ1v) is 7.24. The summed E-state index contributed by atoms with van der Waals surface area (Å²) in [6.45, 7) is 0. The van der Waals surface area contributed by atoms with Crippen LogP contribution in [0.5, 0.6) is 0 Å². The van der Waals surface area contributed by atoms with Crippen LogP contribution in [0.25, 0.3) is 0 Å². The van der Waals surface area contributed by atoms with Crippen molar-refractivity contribution in [2.24, 2.45) is 11.5 Å². The fourth-order valence-electron chi connectivity index (χ4n) is 1.61. The molecule has 6 N–H and O–H groups in total. The SMILES string of the molecule is NC(=O)C(N)Cc1cccc(CSc2nccc(N)n2)n1. The van der Waals surface area contributed by atoms with E-state index in [0.717, 1.165) is 11.4 Å². The van der Waals surface area contributed by atoms with E-state index in [0.29, 0.717) is 23.1 Å². The van der Waals surface area contributed by atoms with Gasteiger partial charge in [-0.15, -0.1) is 0 Å². The fourth-order valence-corrected chi connectivity index (χ4v) is 2.35. The zero-order chi connectivity index (χ0) is 15.2. The van der Waals surface area contributed by atoms with Crippen LogP contribution in [-0.4, -0.2) is 26.9 Å². The topological polar surface area (TPSA) is 134 Å². The van der Waals surface area contributed by atoms with Crippen molar-refractivity contribution in [1.29, 1.82) is 0 Å². The molecule has 0 aliphatic carbocycles. The summed E-state index contributed by atoms with van der Waals surface area (Å²) in [4.78, 5) is 23.6. The Morgan fingerprint density at radius 1 is 1.24 bits per heavy atom. The van der Waals surface area contributed by atoms with E-state index in [9.17, 15) is 4.79 Å². The van der Waals surface area contributed by atoms with Crippen LogP contribution in [0.15, 0.2) is 35.6 Å². The van der Waals surface area contributed by atoms with Gasteiger partial charge in [0.15, 0.2) is 5.16 Å². The van der Waals surface area contributed by atoms with E-state index in [1.54, 1.807) is 12.3 Å². The van der Waals surface area contributed by atoms with Crippen molar-refractivity contribution in [3.05, 3.63) is 41.9 Å². The maximum atomic E-state index is 11.0. The van der Waals surface area contributed by atoms with Gasteiger partial charge in [0.2, 0.25) is 5.91 Å². The predicted octanol–water partition coefficient (Wildman–Crippen LogP) is 0.101. The molecular formula is C13H16N6OS. The van der Waals surface area contributed by atoms with Crippen LogP contribution in [0.4, 0.5) is 5.82 Å². The minimum Gasteiger partial charge on any atom is -0.384 e. The van der Waals surface area contributed by atoms with Gasteiger partial charge in [0.25, 0.3) is 0 Å². The molecule has 21 heavy (non-hydrogen) atoms. The van der Waals surface area contributed by atoms with Gasteiger partial charge < -0.3 is 17.2 Å². The largest absolute Gasteiger partial charge is 0.384 e. The number of pyridine rings is 1. The van der Waals surface area contributed by atoms with Crippen molar-refractivity contribution in [2.75, 3.05) is 5.73 Å². The van der Waals surface area contributed by atoms with Gasteiger partial charge in [0.1, 0.15) is 5.82 Å². The Labute approximate surface area is 126 Å². The number of amides is 1. The van der Waals surface area contributed by atoms with Gasteiger partial charge in [-0.2, -0.15) is 0 Å².